The summed E-state index contributed by atoms with van der Waals surface area (Å²) in [4.78, 5) is 30.7. The molecule has 1 aromatic heterocycles. The van der Waals surface area contributed by atoms with Crippen LogP contribution in [0, 0.1) is 0 Å². The fourth-order valence-corrected chi connectivity index (χ4v) is 3.53. The number of carbonyl (C=O) groups excluding carboxylic acids is 2. The van der Waals surface area contributed by atoms with Gasteiger partial charge in [0.1, 0.15) is 11.5 Å². The number of ether oxygens (including phenoxy) is 1. The molecule has 0 unspecified atom stereocenters. The molecule has 26 heavy (non-hydrogen) atoms. The van der Waals surface area contributed by atoms with Gasteiger partial charge in [0.05, 0.1) is 5.52 Å². The number of halogens is 1. The lowest BCUT2D eigenvalue weighted by Gasteiger charge is -2.37. The van der Waals surface area contributed by atoms with Crippen molar-refractivity contribution in [1.29, 1.82) is 0 Å². The van der Waals surface area contributed by atoms with Crippen LogP contribution in [-0.2, 0) is 9.53 Å². The van der Waals surface area contributed by atoms with Crippen molar-refractivity contribution >= 4 is 28.7 Å². The fraction of sp³-hybridized carbons (Fsp3) is 0.421. The summed E-state index contributed by atoms with van der Waals surface area (Å²) in [6.07, 6.45) is 0.167. The Balaban J connectivity index is 1.38. The maximum Gasteiger partial charge on any atom is 0.417 e. The van der Waals surface area contributed by atoms with Crippen molar-refractivity contribution in [2.75, 3.05) is 31.1 Å². The summed E-state index contributed by atoms with van der Waals surface area (Å²) in [5.74, 6) is 0.459. The molecule has 0 atom stereocenters. The Kier molecular flexibility index (Phi) is 4.22. The van der Waals surface area contributed by atoms with Crippen molar-refractivity contribution in [3.05, 3.63) is 36.4 Å². The van der Waals surface area contributed by atoms with E-state index in [9.17, 15) is 9.59 Å². The average Bonchev–Trinajstić information content (AvgIpc) is 2.98. The van der Waals surface area contributed by atoms with Crippen LogP contribution in [0.3, 0.4) is 0 Å². The van der Waals surface area contributed by atoms with E-state index in [1.54, 1.807) is 0 Å². The molecule has 3 heterocycles. The van der Waals surface area contributed by atoms with Gasteiger partial charge in [0.25, 0.3) is 5.91 Å². The molecule has 2 aliphatic heterocycles. The van der Waals surface area contributed by atoms with Gasteiger partial charge in [-0.3, -0.25) is 4.79 Å². The van der Waals surface area contributed by atoms with E-state index < -0.39 is 17.7 Å². The third-order valence-corrected chi connectivity index (χ3v) is 5.19. The first kappa shape index (κ1) is 16.8. The number of fused-ring (bicyclic) bond motifs is 1. The Morgan fingerprint density at radius 2 is 1.88 bits per heavy atom. The number of hydrogen-bond acceptors (Lipinski definition) is 5. The highest BCUT2D eigenvalue weighted by Gasteiger charge is 2.38. The highest BCUT2D eigenvalue weighted by molar-refractivity contribution is 5.97. The average molecular weight is 357 g/mol. The Hall–Kier alpha value is -2.70. The minimum Gasteiger partial charge on any atom is -0.439 e. The lowest BCUT2D eigenvalue weighted by molar-refractivity contribution is -0.126. The summed E-state index contributed by atoms with van der Waals surface area (Å²) in [6, 6.07) is 11.9. The SMILES string of the molecule is O=C1COC(=O)N1CCC1(F)CCN(c2ccc3ccccc3n2)CC1. The van der Waals surface area contributed by atoms with Gasteiger partial charge in [-0.2, -0.15) is 0 Å². The molecule has 2 saturated heterocycles. The van der Waals surface area contributed by atoms with Crippen LogP contribution >= 0.6 is 0 Å². The van der Waals surface area contributed by atoms with Crippen LogP contribution in [0.1, 0.15) is 19.3 Å². The molecule has 2 aliphatic rings. The number of carbonyl (C=O) groups is 2. The Bertz CT molecular complexity index is 833. The lowest BCUT2D eigenvalue weighted by Crippen LogP contribution is -2.44. The summed E-state index contributed by atoms with van der Waals surface area (Å²) in [6.45, 7) is 0.947. The predicted molar refractivity (Wildman–Crippen MR) is 94.7 cm³/mol. The van der Waals surface area contributed by atoms with Crippen molar-refractivity contribution in [2.45, 2.75) is 24.9 Å². The topological polar surface area (TPSA) is 62.7 Å². The number of hydrogen-bond donors (Lipinski definition) is 0. The van der Waals surface area contributed by atoms with Crippen LogP contribution < -0.4 is 4.90 Å². The monoisotopic (exact) mass is 357 g/mol. The van der Waals surface area contributed by atoms with Crippen molar-refractivity contribution < 1.29 is 18.7 Å². The number of nitrogens with zero attached hydrogens (tertiary/aromatic N) is 3. The number of aromatic nitrogens is 1. The molecule has 0 N–H and O–H groups in total. The van der Waals surface area contributed by atoms with Gasteiger partial charge in [-0.1, -0.05) is 18.2 Å². The Morgan fingerprint density at radius 1 is 1.12 bits per heavy atom. The summed E-state index contributed by atoms with van der Waals surface area (Å²) in [7, 11) is 0. The normalized spacial score (nSPS) is 19.9. The molecule has 136 valence electrons. The lowest BCUT2D eigenvalue weighted by atomic mass is 9.90. The van der Waals surface area contributed by atoms with Gasteiger partial charge in [0.15, 0.2) is 6.61 Å². The van der Waals surface area contributed by atoms with Gasteiger partial charge in [-0.15, -0.1) is 0 Å². The van der Waals surface area contributed by atoms with Crippen LogP contribution in [0.5, 0.6) is 0 Å². The Labute approximate surface area is 150 Å². The van der Waals surface area contributed by atoms with Crippen LogP contribution in [0.2, 0.25) is 0 Å². The van der Waals surface area contributed by atoms with E-state index >= 15 is 4.39 Å². The first-order chi connectivity index (χ1) is 12.5. The maximum absolute atomic E-state index is 15.1. The number of imide groups is 1. The molecule has 2 fully saturated rings. The third kappa shape index (κ3) is 3.21. The van der Waals surface area contributed by atoms with E-state index in [1.165, 1.54) is 0 Å². The van der Waals surface area contributed by atoms with E-state index in [-0.39, 0.29) is 19.6 Å². The van der Waals surface area contributed by atoms with Crippen LogP contribution in [0.25, 0.3) is 10.9 Å². The molecular weight excluding hydrogens is 337 g/mol. The number of rotatable bonds is 4. The molecule has 2 aromatic rings. The van der Waals surface area contributed by atoms with Crippen molar-refractivity contribution in [2.24, 2.45) is 0 Å². The summed E-state index contributed by atoms with van der Waals surface area (Å²) >= 11 is 0. The van der Waals surface area contributed by atoms with Crippen LogP contribution in [0.15, 0.2) is 36.4 Å². The minimum atomic E-state index is -1.38. The van der Waals surface area contributed by atoms with Gasteiger partial charge >= 0.3 is 6.09 Å². The predicted octanol–water partition coefficient (Wildman–Crippen LogP) is 2.91. The smallest absolute Gasteiger partial charge is 0.417 e. The second-order valence-corrected chi connectivity index (χ2v) is 6.85. The summed E-state index contributed by atoms with van der Waals surface area (Å²) in [5.41, 5.74) is -0.454. The van der Waals surface area contributed by atoms with E-state index in [4.69, 9.17) is 0 Å². The van der Waals surface area contributed by atoms with Crippen molar-refractivity contribution in [3.63, 3.8) is 0 Å². The van der Waals surface area contributed by atoms with Gasteiger partial charge in [0.2, 0.25) is 0 Å². The van der Waals surface area contributed by atoms with E-state index in [0.717, 1.165) is 21.6 Å². The second kappa shape index (κ2) is 6.55. The quantitative estimate of drug-likeness (QED) is 0.842. The molecule has 2 amide bonds. The number of alkyl halides is 1. The number of amides is 2. The minimum absolute atomic E-state index is 0.0718. The standard InChI is InChI=1S/C19H20FN3O3/c20-19(9-12-23-17(24)13-26-18(23)25)7-10-22(11-8-19)16-6-5-14-3-1-2-4-15(14)21-16/h1-6H,7-13H2. The molecule has 0 saturated carbocycles. The molecule has 4 rings (SSSR count). The highest BCUT2D eigenvalue weighted by Crippen LogP contribution is 2.32. The van der Waals surface area contributed by atoms with Gasteiger partial charge in [0, 0.05) is 25.0 Å². The van der Waals surface area contributed by atoms with E-state index in [1.807, 2.05) is 36.4 Å². The summed E-state index contributed by atoms with van der Waals surface area (Å²) in [5, 5.41) is 1.08. The first-order valence-electron chi connectivity index (χ1n) is 8.81. The molecule has 0 aliphatic carbocycles. The van der Waals surface area contributed by atoms with Crippen LogP contribution in [0.4, 0.5) is 15.0 Å². The molecule has 1 aromatic carbocycles. The highest BCUT2D eigenvalue weighted by atomic mass is 19.1. The van der Waals surface area contributed by atoms with Gasteiger partial charge < -0.3 is 9.64 Å². The molecular formula is C19H20FN3O3. The molecule has 7 heteroatoms. The van der Waals surface area contributed by atoms with Gasteiger partial charge in [-0.25, -0.2) is 19.1 Å². The first-order valence-corrected chi connectivity index (χ1v) is 8.81. The number of pyridine rings is 1. The number of piperidine rings is 1. The van der Waals surface area contributed by atoms with Gasteiger partial charge in [-0.05, 0) is 37.5 Å². The maximum atomic E-state index is 15.1. The number of para-hydroxylation sites is 1. The molecule has 0 spiro atoms. The molecule has 0 bridgehead atoms. The summed E-state index contributed by atoms with van der Waals surface area (Å²) < 4.78 is 19.7. The second-order valence-electron chi connectivity index (χ2n) is 6.85. The number of benzene rings is 1. The largest absolute Gasteiger partial charge is 0.439 e. The number of anilines is 1. The third-order valence-electron chi connectivity index (χ3n) is 5.19. The van der Waals surface area contributed by atoms with Crippen molar-refractivity contribution in [1.82, 2.24) is 9.88 Å². The van der Waals surface area contributed by atoms with Crippen molar-refractivity contribution in [3.8, 4) is 0 Å². The van der Waals surface area contributed by atoms with E-state index in [0.29, 0.717) is 25.9 Å². The zero-order chi connectivity index (χ0) is 18.1. The number of cyclic esters (lactones) is 1. The fourth-order valence-electron chi connectivity index (χ4n) is 3.53. The zero-order valence-corrected chi connectivity index (χ0v) is 14.4. The molecule has 6 nitrogen and oxygen atoms in total. The van der Waals surface area contributed by atoms with Crippen LogP contribution in [-0.4, -0.2) is 53.8 Å². The molecule has 0 radical (unpaired) electrons. The Morgan fingerprint density at radius 3 is 2.62 bits per heavy atom. The zero-order valence-electron chi connectivity index (χ0n) is 14.4. The van der Waals surface area contributed by atoms with E-state index in [2.05, 4.69) is 14.6 Å².